The van der Waals surface area contributed by atoms with E-state index in [-0.39, 0.29) is 17.8 Å². The van der Waals surface area contributed by atoms with Gasteiger partial charge >= 0.3 is 0 Å². The van der Waals surface area contributed by atoms with Gasteiger partial charge in [-0.2, -0.15) is 0 Å². The molecule has 2 aliphatic heterocycles. The van der Waals surface area contributed by atoms with Crippen LogP contribution in [-0.2, 0) is 16.1 Å². The highest BCUT2D eigenvalue weighted by molar-refractivity contribution is 6.53. The molecule has 2 heterocycles. The van der Waals surface area contributed by atoms with Crippen molar-refractivity contribution in [2.24, 2.45) is 0 Å². The number of hydrogen-bond acceptors (Lipinski definition) is 4. The molecule has 3 rings (SSSR count). The number of halogens is 1. The minimum absolute atomic E-state index is 0.0108. The number of carbonyl (C=O) groups excluding carboxylic acids is 3. The SMILES string of the molecule is [B]C1([B])CC([B])(N2Cc3c(N)cc(F)cc3C2=O)C(=O)NC1=O. The number of amides is 3. The lowest BCUT2D eigenvalue weighted by molar-refractivity contribution is -0.139. The zero-order valence-electron chi connectivity index (χ0n) is 11.9. The number of benzene rings is 1. The van der Waals surface area contributed by atoms with Crippen LogP contribution in [0, 0.1) is 5.82 Å². The van der Waals surface area contributed by atoms with Crippen LogP contribution in [0.2, 0.25) is 5.21 Å². The lowest BCUT2D eigenvalue weighted by Crippen LogP contribution is -2.67. The number of fused-ring (bicyclic) bond motifs is 1. The number of imide groups is 1. The molecule has 0 saturated carbocycles. The van der Waals surface area contributed by atoms with Crippen LogP contribution in [0.15, 0.2) is 12.1 Å². The van der Waals surface area contributed by atoms with Crippen molar-refractivity contribution in [3.63, 3.8) is 0 Å². The van der Waals surface area contributed by atoms with Crippen LogP contribution in [0.3, 0.4) is 0 Å². The number of piperidine rings is 1. The van der Waals surface area contributed by atoms with Gasteiger partial charge in [0.1, 0.15) is 13.7 Å². The molecule has 23 heavy (non-hydrogen) atoms. The van der Waals surface area contributed by atoms with Crippen LogP contribution in [0.5, 0.6) is 0 Å². The molecule has 1 aromatic carbocycles. The predicted molar refractivity (Wildman–Crippen MR) is 81.1 cm³/mol. The van der Waals surface area contributed by atoms with E-state index in [2.05, 4.69) is 0 Å². The van der Waals surface area contributed by atoms with E-state index in [1.54, 1.807) is 0 Å². The molecule has 3 N–H and O–H groups in total. The van der Waals surface area contributed by atoms with Crippen molar-refractivity contribution >= 4 is 46.9 Å². The van der Waals surface area contributed by atoms with Crippen LogP contribution in [0.1, 0.15) is 22.3 Å². The average molecular weight is 307 g/mol. The quantitative estimate of drug-likeness (QED) is 0.384. The second-order valence-corrected chi connectivity index (χ2v) is 5.84. The molecule has 1 unspecified atom stereocenters. The molecule has 10 heteroatoms. The third-order valence-corrected chi connectivity index (χ3v) is 4.13. The molecule has 0 bridgehead atoms. The van der Waals surface area contributed by atoms with E-state index in [9.17, 15) is 18.8 Å². The lowest BCUT2D eigenvalue weighted by Gasteiger charge is -2.46. The Bertz CT molecular complexity index is 770. The van der Waals surface area contributed by atoms with Gasteiger partial charge in [0.2, 0.25) is 11.8 Å². The molecule has 2 aliphatic rings. The van der Waals surface area contributed by atoms with E-state index in [0.717, 1.165) is 17.0 Å². The Morgan fingerprint density at radius 2 is 1.83 bits per heavy atom. The largest absolute Gasteiger partial charge is 0.398 e. The first-order valence-electron chi connectivity index (χ1n) is 6.68. The van der Waals surface area contributed by atoms with Crippen molar-refractivity contribution in [3.8, 4) is 0 Å². The summed E-state index contributed by atoms with van der Waals surface area (Å²) < 4.78 is 13.5. The second kappa shape index (κ2) is 4.63. The van der Waals surface area contributed by atoms with E-state index in [4.69, 9.17) is 29.3 Å². The summed E-state index contributed by atoms with van der Waals surface area (Å²) in [7, 11) is 17.3. The minimum atomic E-state index is -1.95. The Hall–Kier alpha value is -2.25. The van der Waals surface area contributed by atoms with Crippen LogP contribution < -0.4 is 11.1 Å². The van der Waals surface area contributed by atoms with Gasteiger partial charge < -0.3 is 10.6 Å². The monoisotopic (exact) mass is 307 g/mol. The summed E-state index contributed by atoms with van der Waals surface area (Å²) in [6.45, 7) is -0.117. The number of rotatable bonds is 1. The highest BCUT2D eigenvalue weighted by atomic mass is 19.1. The summed E-state index contributed by atoms with van der Waals surface area (Å²) in [4.78, 5) is 37.3. The van der Waals surface area contributed by atoms with Gasteiger partial charge in [0.15, 0.2) is 0 Å². The molecule has 1 atom stereocenters. The number of nitrogen functional groups attached to an aromatic ring is 1. The molecule has 1 aromatic rings. The van der Waals surface area contributed by atoms with Crippen molar-refractivity contribution in [2.75, 3.05) is 5.73 Å². The lowest BCUT2D eigenvalue weighted by atomic mass is 9.45. The molecule has 3 amide bonds. The predicted octanol–water partition coefficient (Wildman–Crippen LogP) is -1.27. The van der Waals surface area contributed by atoms with E-state index >= 15 is 0 Å². The summed E-state index contributed by atoms with van der Waals surface area (Å²) in [5.74, 6) is -3.17. The minimum Gasteiger partial charge on any atom is -0.398 e. The highest BCUT2D eigenvalue weighted by Crippen LogP contribution is 2.40. The maximum absolute atomic E-state index is 13.5. The van der Waals surface area contributed by atoms with Crippen LogP contribution in [0.4, 0.5) is 10.1 Å². The fraction of sp³-hybridized carbons (Fsp3) is 0.308. The summed E-state index contributed by atoms with van der Waals surface area (Å²) in [5, 5.41) is 0.0362. The fourth-order valence-electron chi connectivity index (χ4n) is 2.87. The van der Waals surface area contributed by atoms with Crippen molar-refractivity contribution in [1.82, 2.24) is 10.2 Å². The molecule has 1 fully saturated rings. The molecule has 110 valence electrons. The van der Waals surface area contributed by atoms with Gasteiger partial charge in [0, 0.05) is 23.4 Å². The Balaban J connectivity index is 2.03. The Labute approximate surface area is 135 Å². The zero-order chi connectivity index (χ0) is 17.2. The topological polar surface area (TPSA) is 92.5 Å². The fourth-order valence-corrected chi connectivity index (χ4v) is 2.87. The summed E-state index contributed by atoms with van der Waals surface area (Å²) >= 11 is 0. The van der Waals surface area contributed by atoms with E-state index in [1.807, 2.05) is 5.32 Å². The van der Waals surface area contributed by atoms with Gasteiger partial charge in [-0.25, -0.2) is 4.39 Å². The summed E-state index contributed by atoms with van der Waals surface area (Å²) in [5.41, 5.74) is 4.20. The first kappa shape index (κ1) is 15.6. The van der Waals surface area contributed by atoms with Crippen molar-refractivity contribution in [2.45, 2.75) is 23.6 Å². The van der Waals surface area contributed by atoms with E-state index in [0.29, 0.717) is 5.56 Å². The summed E-state index contributed by atoms with van der Waals surface area (Å²) in [6, 6.07) is 2.08. The number of nitrogens with one attached hydrogen (secondary N) is 1. The number of nitrogens with zero attached hydrogens (tertiary/aromatic N) is 1. The Morgan fingerprint density at radius 3 is 2.48 bits per heavy atom. The third-order valence-electron chi connectivity index (χ3n) is 4.13. The molecule has 1 saturated heterocycles. The Kier molecular flexibility index (Phi) is 3.15. The molecular weight excluding hydrogens is 298 g/mol. The van der Waals surface area contributed by atoms with E-state index in [1.165, 1.54) is 0 Å². The molecule has 6 radical (unpaired) electrons. The molecule has 0 aromatic heterocycles. The van der Waals surface area contributed by atoms with Crippen molar-refractivity contribution in [1.29, 1.82) is 0 Å². The van der Waals surface area contributed by atoms with Crippen molar-refractivity contribution in [3.05, 3.63) is 29.1 Å². The van der Waals surface area contributed by atoms with Crippen LogP contribution >= 0.6 is 0 Å². The smallest absolute Gasteiger partial charge is 0.254 e. The number of nitrogens with two attached hydrogens (primary N) is 1. The molecule has 0 spiro atoms. The Morgan fingerprint density at radius 1 is 1.17 bits per heavy atom. The van der Waals surface area contributed by atoms with Crippen LogP contribution in [-0.4, -0.2) is 51.6 Å². The highest BCUT2D eigenvalue weighted by Gasteiger charge is 2.53. The van der Waals surface area contributed by atoms with E-state index < -0.39 is 40.6 Å². The van der Waals surface area contributed by atoms with Gasteiger partial charge in [0.05, 0.1) is 21.1 Å². The normalized spacial score (nSPS) is 26.1. The molecule has 6 nitrogen and oxygen atoms in total. The molecule has 0 aliphatic carbocycles. The third kappa shape index (κ3) is 2.16. The number of anilines is 1. The standard InChI is InChI=1S/C13H9B3FN3O3/c14-12(15)4-13(16,11(23)19-10(12)22)20-3-7-6(9(20)21)1-5(17)2-8(7)18/h1-2H,3-4,18H2,(H,19,22,23). The van der Waals surface area contributed by atoms with Gasteiger partial charge in [-0.1, -0.05) is 0 Å². The number of carbonyl (C=O) groups is 3. The van der Waals surface area contributed by atoms with Gasteiger partial charge in [-0.3, -0.25) is 19.7 Å². The molecular formula is C13H9B3FN3O3. The summed E-state index contributed by atoms with van der Waals surface area (Å²) in [6.07, 6.45) is -0.479. The number of hydrogen-bond donors (Lipinski definition) is 2. The maximum atomic E-state index is 13.5. The first-order chi connectivity index (χ1) is 10.6. The average Bonchev–Trinajstić information content (AvgIpc) is 2.75. The van der Waals surface area contributed by atoms with Gasteiger partial charge in [-0.05, 0) is 23.8 Å². The van der Waals surface area contributed by atoms with Crippen molar-refractivity contribution < 1.29 is 18.8 Å². The van der Waals surface area contributed by atoms with Crippen LogP contribution in [0.25, 0.3) is 0 Å². The first-order valence-corrected chi connectivity index (χ1v) is 6.68. The van der Waals surface area contributed by atoms with Gasteiger partial charge in [0.25, 0.3) is 5.91 Å². The zero-order valence-corrected chi connectivity index (χ0v) is 11.9. The second-order valence-electron chi connectivity index (χ2n) is 5.84. The van der Waals surface area contributed by atoms with Gasteiger partial charge in [-0.15, -0.1) is 0 Å². The maximum Gasteiger partial charge on any atom is 0.254 e.